The summed E-state index contributed by atoms with van der Waals surface area (Å²) < 4.78 is 5.13. The van der Waals surface area contributed by atoms with Crippen LogP contribution in [0.3, 0.4) is 0 Å². The van der Waals surface area contributed by atoms with Crippen molar-refractivity contribution in [3.05, 3.63) is 58.7 Å². The van der Waals surface area contributed by atoms with E-state index in [1.54, 1.807) is 14.2 Å². The molecule has 0 unspecified atom stereocenters. The van der Waals surface area contributed by atoms with Crippen molar-refractivity contribution in [1.82, 2.24) is 15.2 Å². The van der Waals surface area contributed by atoms with Crippen LogP contribution in [0, 0.1) is 0 Å². The second-order valence-electron chi connectivity index (χ2n) is 5.05. The summed E-state index contributed by atoms with van der Waals surface area (Å²) in [4.78, 5) is 10.7. The highest BCUT2D eigenvalue weighted by molar-refractivity contribution is 14.0. The first-order valence-electron chi connectivity index (χ1n) is 7.28. The molecule has 1 aromatic heterocycles. The van der Waals surface area contributed by atoms with E-state index in [1.807, 2.05) is 54.4 Å². The van der Waals surface area contributed by atoms with E-state index >= 15 is 0 Å². The number of nitrogens with zero attached hydrogens (tertiary/aromatic N) is 3. The molecule has 0 aliphatic carbocycles. The summed E-state index contributed by atoms with van der Waals surface area (Å²) in [5, 5.41) is 4.04. The van der Waals surface area contributed by atoms with Gasteiger partial charge >= 0.3 is 0 Å². The second-order valence-corrected chi connectivity index (χ2v) is 5.49. The molecule has 0 saturated carbocycles. The van der Waals surface area contributed by atoms with Crippen molar-refractivity contribution in [2.75, 3.05) is 21.2 Å². The molecular formula is C17H22ClIN4O. The molecule has 5 nitrogen and oxygen atoms in total. The van der Waals surface area contributed by atoms with E-state index in [0.717, 1.165) is 23.2 Å². The van der Waals surface area contributed by atoms with E-state index < -0.39 is 0 Å². The lowest BCUT2D eigenvalue weighted by Crippen LogP contribution is -2.38. The van der Waals surface area contributed by atoms with Crippen LogP contribution in [0.2, 0.25) is 5.02 Å². The number of nitrogens with one attached hydrogen (secondary N) is 1. The molecule has 0 aliphatic heterocycles. The predicted octanol–water partition coefficient (Wildman–Crippen LogP) is 3.57. The van der Waals surface area contributed by atoms with Crippen molar-refractivity contribution in [2.45, 2.75) is 13.1 Å². The normalized spacial score (nSPS) is 10.8. The maximum atomic E-state index is 5.91. The van der Waals surface area contributed by atoms with Gasteiger partial charge in [0.15, 0.2) is 5.96 Å². The molecule has 0 saturated heterocycles. The zero-order valence-electron chi connectivity index (χ0n) is 14.0. The molecule has 2 aromatic rings. The number of methoxy groups -OCH3 is 1. The zero-order chi connectivity index (χ0) is 16.7. The first-order valence-corrected chi connectivity index (χ1v) is 7.66. The van der Waals surface area contributed by atoms with Crippen LogP contribution in [0.4, 0.5) is 0 Å². The van der Waals surface area contributed by atoms with Crippen molar-refractivity contribution in [2.24, 2.45) is 4.99 Å². The number of pyridine rings is 1. The van der Waals surface area contributed by atoms with Gasteiger partial charge in [-0.3, -0.25) is 4.99 Å². The fourth-order valence-electron chi connectivity index (χ4n) is 2.16. The van der Waals surface area contributed by atoms with Crippen molar-refractivity contribution < 1.29 is 4.74 Å². The van der Waals surface area contributed by atoms with Gasteiger partial charge in [-0.15, -0.1) is 24.0 Å². The Kier molecular flexibility index (Phi) is 8.84. The van der Waals surface area contributed by atoms with E-state index in [-0.39, 0.29) is 24.0 Å². The predicted molar refractivity (Wildman–Crippen MR) is 109 cm³/mol. The Hall–Kier alpha value is -1.54. The van der Waals surface area contributed by atoms with Crippen molar-refractivity contribution in [3.63, 3.8) is 0 Å². The van der Waals surface area contributed by atoms with E-state index in [9.17, 15) is 0 Å². The van der Waals surface area contributed by atoms with Crippen LogP contribution in [-0.4, -0.2) is 37.0 Å². The van der Waals surface area contributed by atoms with Gasteiger partial charge in [0.2, 0.25) is 5.88 Å². The average molecular weight is 461 g/mol. The summed E-state index contributed by atoms with van der Waals surface area (Å²) in [7, 11) is 5.36. The summed E-state index contributed by atoms with van der Waals surface area (Å²) >= 11 is 5.91. The lowest BCUT2D eigenvalue weighted by atomic mass is 10.2. The second kappa shape index (κ2) is 10.4. The van der Waals surface area contributed by atoms with Gasteiger partial charge in [0, 0.05) is 31.7 Å². The maximum absolute atomic E-state index is 5.91. The van der Waals surface area contributed by atoms with Crippen LogP contribution in [0.15, 0.2) is 47.5 Å². The highest BCUT2D eigenvalue weighted by atomic mass is 127. The fourth-order valence-corrected chi connectivity index (χ4v) is 2.29. The Morgan fingerprint density at radius 2 is 1.96 bits per heavy atom. The number of benzene rings is 1. The standard InChI is InChI=1S/C17H21ClN4O.HI/c1-19-17(20-11-15-5-4-6-16(21-15)23-3)22(2)12-13-7-9-14(18)10-8-13;/h4-10H,11-12H2,1-3H3,(H,19,20);1H. The molecule has 0 atom stereocenters. The van der Waals surface area contributed by atoms with E-state index in [2.05, 4.69) is 15.3 Å². The molecule has 1 N–H and O–H groups in total. The number of rotatable bonds is 5. The zero-order valence-corrected chi connectivity index (χ0v) is 17.1. The number of ether oxygens (including phenoxy) is 1. The summed E-state index contributed by atoms with van der Waals surface area (Å²) in [5.74, 6) is 1.40. The molecule has 1 aromatic carbocycles. The quantitative estimate of drug-likeness (QED) is 0.421. The minimum atomic E-state index is 0. The molecule has 1 heterocycles. The topological polar surface area (TPSA) is 49.8 Å². The molecule has 0 bridgehead atoms. The van der Waals surface area contributed by atoms with Crippen LogP contribution in [0.25, 0.3) is 0 Å². The van der Waals surface area contributed by atoms with Crippen molar-refractivity contribution in [1.29, 1.82) is 0 Å². The fraction of sp³-hybridized carbons (Fsp3) is 0.294. The molecule has 0 aliphatic rings. The van der Waals surface area contributed by atoms with Crippen LogP contribution in [0.5, 0.6) is 5.88 Å². The van der Waals surface area contributed by atoms with Gasteiger partial charge in [0.1, 0.15) is 0 Å². The van der Waals surface area contributed by atoms with E-state index in [0.29, 0.717) is 12.4 Å². The smallest absolute Gasteiger partial charge is 0.213 e. The molecule has 24 heavy (non-hydrogen) atoms. The third kappa shape index (κ3) is 6.16. The number of hydrogen-bond donors (Lipinski definition) is 1. The SMILES string of the molecule is CN=C(NCc1cccc(OC)n1)N(C)Cc1ccc(Cl)cc1.I. The average Bonchev–Trinajstić information content (AvgIpc) is 2.57. The monoisotopic (exact) mass is 460 g/mol. The first-order chi connectivity index (χ1) is 11.1. The van der Waals surface area contributed by atoms with Crippen molar-refractivity contribution in [3.8, 4) is 5.88 Å². The van der Waals surface area contributed by atoms with Crippen LogP contribution >= 0.6 is 35.6 Å². The van der Waals surface area contributed by atoms with Gasteiger partial charge in [-0.25, -0.2) is 4.98 Å². The van der Waals surface area contributed by atoms with Gasteiger partial charge in [-0.05, 0) is 23.8 Å². The Morgan fingerprint density at radius 1 is 1.25 bits per heavy atom. The Balaban J connectivity index is 0.00000288. The Morgan fingerprint density at radius 3 is 2.58 bits per heavy atom. The van der Waals surface area contributed by atoms with Gasteiger partial charge in [-0.1, -0.05) is 29.8 Å². The lowest BCUT2D eigenvalue weighted by molar-refractivity contribution is 0.396. The number of guanidine groups is 1. The maximum Gasteiger partial charge on any atom is 0.213 e. The van der Waals surface area contributed by atoms with Crippen LogP contribution in [0.1, 0.15) is 11.3 Å². The largest absolute Gasteiger partial charge is 0.481 e. The molecule has 0 fully saturated rings. The van der Waals surface area contributed by atoms with E-state index in [1.165, 1.54) is 5.56 Å². The molecule has 130 valence electrons. The van der Waals surface area contributed by atoms with E-state index in [4.69, 9.17) is 16.3 Å². The van der Waals surface area contributed by atoms with Gasteiger partial charge in [0.25, 0.3) is 0 Å². The molecule has 7 heteroatoms. The Bertz CT molecular complexity index is 664. The number of halogens is 2. The summed E-state index contributed by atoms with van der Waals surface area (Å²) in [6.07, 6.45) is 0. The third-order valence-corrected chi connectivity index (χ3v) is 3.58. The highest BCUT2D eigenvalue weighted by Gasteiger charge is 2.07. The summed E-state index contributed by atoms with van der Waals surface area (Å²) in [6, 6.07) is 13.5. The molecule has 0 radical (unpaired) electrons. The summed E-state index contributed by atoms with van der Waals surface area (Å²) in [6.45, 7) is 1.32. The number of aromatic nitrogens is 1. The highest BCUT2D eigenvalue weighted by Crippen LogP contribution is 2.11. The van der Waals surface area contributed by atoms with Crippen LogP contribution in [-0.2, 0) is 13.1 Å². The molecule has 0 spiro atoms. The minimum absolute atomic E-state index is 0. The number of hydrogen-bond acceptors (Lipinski definition) is 3. The lowest BCUT2D eigenvalue weighted by Gasteiger charge is -2.22. The number of aliphatic imine (C=N–C) groups is 1. The molecule has 2 rings (SSSR count). The van der Waals surface area contributed by atoms with Gasteiger partial charge < -0.3 is 15.0 Å². The van der Waals surface area contributed by atoms with Crippen LogP contribution < -0.4 is 10.1 Å². The first kappa shape index (κ1) is 20.5. The Labute approximate surface area is 165 Å². The third-order valence-electron chi connectivity index (χ3n) is 3.32. The van der Waals surface area contributed by atoms with Crippen molar-refractivity contribution >= 4 is 41.5 Å². The van der Waals surface area contributed by atoms with Gasteiger partial charge in [0.05, 0.1) is 19.3 Å². The molecule has 0 amide bonds. The minimum Gasteiger partial charge on any atom is -0.481 e. The van der Waals surface area contributed by atoms with Gasteiger partial charge in [-0.2, -0.15) is 0 Å². The summed E-state index contributed by atoms with van der Waals surface area (Å²) in [5.41, 5.74) is 2.06. The molecular weight excluding hydrogens is 439 g/mol.